The number of nitrogens with zero attached hydrogens (tertiary/aromatic N) is 1. The number of hydrogen-bond acceptors (Lipinski definition) is 4. The van der Waals surface area contributed by atoms with Crippen LogP contribution in [-0.4, -0.2) is 28.6 Å². The molecule has 0 aromatic heterocycles. The van der Waals surface area contributed by atoms with E-state index in [1.165, 1.54) is 6.92 Å². The van der Waals surface area contributed by atoms with Gasteiger partial charge in [0.1, 0.15) is 11.4 Å². The van der Waals surface area contributed by atoms with Gasteiger partial charge in [-0.25, -0.2) is 4.39 Å². The first-order chi connectivity index (χ1) is 7.95. The Morgan fingerprint density at radius 3 is 2.82 bits per heavy atom. The second kappa shape index (κ2) is 5.35. The highest BCUT2D eigenvalue weighted by Gasteiger charge is 2.21. The fourth-order valence-electron chi connectivity index (χ4n) is 1.20. The van der Waals surface area contributed by atoms with Gasteiger partial charge < -0.3 is 10.4 Å². The Morgan fingerprint density at radius 2 is 2.29 bits per heavy atom. The van der Waals surface area contributed by atoms with Crippen molar-refractivity contribution in [1.82, 2.24) is 5.32 Å². The van der Waals surface area contributed by atoms with Crippen LogP contribution in [0.25, 0.3) is 0 Å². The summed E-state index contributed by atoms with van der Waals surface area (Å²) in [5.74, 6) is -1.51. The van der Waals surface area contributed by atoms with Crippen molar-refractivity contribution >= 4 is 11.6 Å². The third-order valence-corrected chi connectivity index (χ3v) is 2.05. The van der Waals surface area contributed by atoms with Crippen LogP contribution < -0.4 is 5.32 Å². The van der Waals surface area contributed by atoms with Gasteiger partial charge in [-0.1, -0.05) is 0 Å². The first-order valence-corrected chi connectivity index (χ1v) is 4.81. The van der Waals surface area contributed by atoms with Crippen molar-refractivity contribution in [2.45, 2.75) is 13.0 Å². The Labute approximate surface area is 96.2 Å². The molecule has 17 heavy (non-hydrogen) atoms. The van der Waals surface area contributed by atoms with E-state index in [0.29, 0.717) is 6.07 Å². The lowest BCUT2D eigenvalue weighted by atomic mass is 10.1. The van der Waals surface area contributed by atoms with E-state index in [9.17, 15) is 19.3 Å². The van der Waals surface area contributed by atoms with Crippen molar-refractivity contribution in [3.8, 4) is 0 Å². The minimum Gasteiger partial charge on any atom is -0.394 e. The predicted octanol–water partition coefficient (Wildman–Crippen LogP) is 0.845. The number of hydrogen-bond donors (Lipinski definition) is 2. The lowest BCUT2D eigenvalue weighted by molar-refractivity contribution is -0.385. The van der Waals surface area contributed by atoms with Crippen molar-refractivity contribution in [3.63, 3.8) is 0 Å². The lowest BCUT2D eigenvalue weighted by Crippen LogP contribution is -2.35. The van der Waals surface area contributed by atoms with Crippen LogP contribution >= 0.6 is 0 Å². The summed E-state index contributed by atoms with van der Waals surface area (Å²) >= 11 is 0. The molecular formula is C10H11FN2O4. The van der Waals surface area contributed by atoms with Gasteiger partial charge >= 0.3 is 0 Å². The molecule has 1 rings (SSSR count). The van der Waals surface area contributed by atoms with Crippen molar-refractivity contribution in [1.29, 1.82) is 0 Å². The zero-order valence-electron chi connectivity index (χ0n) is 9.01. The van der Waals surface area contributed by atoms with Crippen LogP contribution in [0.1, 0.15) is 17.3 Å². The van der Waals surface area contributed by atoms with Crippen LogP contribution in [0.4, 0.5) is 10.1 Å². The summed E-state index contributed by atoms with van der Waals surface area (Å²) in [6.07, 6.45) is 0. The van der Waals surface area contributed by atoms with Gasteiger partial charge in [0.15, 0.2) is 0 Å². The second-order valence-electron chi connectivity index (χ2n) is 3.48. The molecular weight excluding hydrogens is 231 g/mol. The van der Waals surface area contributed by atoms with Gasteiger partial charge in [0, 0.05) is 6.04 Å². The number of halogens is 1. The first kappa shape index (κ1) is 13.0. The maximum absolute atomic E-state index is 12.8. The van der Waals surface area contributed by atoms with Crippen LogP contribution in [0.15, 0.2) is 18.2 Å². The van der Waals surface area contributed by atoms with Crippen LogP contribution in [-0.2, 0) is 0 Å². The third kappa shape index (κ3) is 3.22. The van der Waals surface area contributed by atoms with E-state index in [1.54, 1.807) is 0 Å². The number of nitro groups is 1. The second-order valence-corrected chi connectivity index (χ2v) is 3.48. The Hall–Kier alpha value is -2.02. The van der Waals surface area contributed by atoms with E-state index in [2.05, 4.69) is 5.32 Å². The normalized spacial score (nSPS) is 11.9. The molecule has 7 heteroatoms. The van der Waals surface area contributed by atoms with Gasteiger partial charge in [-0.3, -0.25) is 14.9 Å². The van der Waals surface area contributed by atoms with Crippen molar-refractivity contribution in [2.24, 2.45) is 0 Å². The van der Waals surface area contributed by atoms with Gasteiger partial charge in [0.05, 0.1) is 17.6 Å². The standard InChI is InChI=1S/C10H11FN2O4/c1-6(5-14)12-10(15)8-3-2-7(11)4-9(8)13(16)17/h2-4,6,14H,5H2,1H3,(H,12,15). The summed E-state index contributed by atoms with van der Waals surface area (Å²) in [6, 6.07) is 2.14. The van der Waals surface area contributed by atoms with E-state index in [0.717, 1.165) is 12.1 Å². The Kier molecular flexibility index (Phi) is 4.11. The highest BCUT2D eigenvalue weighted by molar-refractivity contribution is 5.98. The number of nitro benzene ring substituents is 1. The largest absolute Gasteiger partial charge is 0.394 e. The van der Waals surface area contributed by atoms with E-state index in [-0.39, 0.29) is 12.2 Å². The average Bonchev–Trinajstić information content (AvgIpc) is 2.28. The summed E-state index contributed by atoms with van der Waals surface area (Å²) in [6.45, 7) is 1.24. The smallest absolute Gasteiger partial charge is 0.285 e. The van der Waals surface area contributed by atoms with Gasteiger partial charge in [-0.15, -0.1) is 0 Å². The van der Waals surface area contributed by atoms with E-state index in [4.69, 9.17) is 5.11 Å². The summed E-state index contributed by atoms with van der Waals surface area (Å²) in [5, 5.41) is 21.7. The van der Waals surface area contributed by atoms with Gasteiger partial charge in [0.2, 0.25) is 0 Å². The molecule has 0 bridgehead atoms. The molecule has 0 radical (unpaired) electrons. The quantitative estimate of drug-likeness (QED) is 0.604. The monoisotopic (exact) mass is 242 g/mol. The highest BCUT2D eigenvalue weighted by Crippen LogP contribution is 2.19. The van der Waals surface area contributed by atoms with E-state index < -0.39 is 28.4 Å². The summed E-state index contributed by atoms with van der Waals surface area (Å²) < 4.78 is 12.8. The van der Waals surface area contributed by atoms with Crippen molar-refractivity contribution < 1.29 is 19.2 Å². The minimum atomic E-state index is -0.832. The minimum absolute atomic E-state index is 0.239. The molecule has 0 spiro atoms. The molecule has 6 nitrogen and oxygen atoms in total. The molecule has 0 aliphatic rings. The number of carbonyl (C=O) groups excluding carboxylic acids is 1. The molecule has 0 aliphatic carbocycles. The summed E-state index contributed by atoms with van der Waals surface area (Å²) in [5.41, 5.74) is -0.843. The number of nitrogens with one attached hydrogen (secondary N) is 1. The van der Waals surface area contributed by atoms with E-state index >= 15 is 0 Å². The van der Waals surface area contributed by atoms with Crippen LogP contribution in [0.3, 0.4) is 0 Å². The average molecular weight is 242 g/mol. The number of aliphatic hydroxyl groups excluding tert-OH is 1. The number of carbonyl (C=O) groups is 1. The summed E-state index contributed by atoms with van der Waals surface area (Å²) in [7, 11) is 0. The topological polar surface area (TPSA) is 92.5 Å². The van der Waals surface area contributed by atoms with Gasteiger partial charge in [0.25, 0.3) is 11.6 Å². The molecule has 1 atom stereocenters. The molecule has 0 fully saturated rings. The van der Waals surface area contributed by atoms with Gasteiger partial charge in [-0.05, 0) is 19.1 Å². The van der Waals surface area contributed by atoms with Gasteiger partial charge in [-0.2, -0.15) is 0 Å². The van der Waals surface area contributed by atoms with Crippen LogP contribution in [0.5, 0.6) is 0 Å². The molecule has 1 aromatic rings. The summed E-state index contributed by atoms with van der Waals surface area (Å²) in [4.78, 5) is 21.4. The Morgan fingerprint density at radius 1 is 1.65 bits per heavy atom. The maximum Gasteiger partial charge on any atom is 0.285 e. The SMILES string of the molecule is CC(CO)NC(=O)c1ccc(F)cc1[N+](=O)[O-]. The molecule has 92 valence electrons. The molecule has 0 saturated carbocycles. The fourth-order valence-corrected chi connectivity index (χ4v) is 1.20. The molecule has 1 aromatic carbocycles. The lowest BCUT2D eigenvalue weighted by Gasteiger charge is -2.10. The zero-order valence-corrected chi connectivity index (χ0v) is 9.01. The molecule has 1 unspecified atom stereocenters. The molecule has 2 N–H and O–H groups in total. The molecule has 1 amide bonds. The maximum atomic E-state index is 12.8. The number of aliphatic hydroxyl groups is 1. The fraction of sp³-hybridized carbons (Fsp3) is 0.300. The molecule has 0 saturated heterocycles. The number of amides is 1. The Bertz CT molecular complexity index is 450. The van der Waals surface area contributed by atoms with Crippen molar-refractivity contribution in [2.75, 3.05) is 6.61 Å². The molecule has 0 heterocycles. The van der Waals surface area contributed by atoms with Crippen LogP contribution in [0, 0.1) is 15.9 Å². The van der Waals surface area contributed by atoms with Crippen LogP contribution in [0.2, 0.25) is 0 Å². The third-order valence-electron chi connectivity index (χ3n) is 2.05. The first-order valence-electron chi connectivity index (χ1n) is 4.81. The number of benzene rings is 1. The predicted molar refractivity (Wildman–Crippen MR) is 57.1 cm³/mol. The highest BCUT2D eigenvalue weighted by atomic mass is 19.1. The number of rotatable bonds is 4. The van der Waals surface area contributed by atoms with Crippen molar-refractivity contribution in [3.05, 3.63) is 39.7 Å². The van der Waals surface area contributed by atoms with E-state index in [1.807, 2.05) is 0 Å². The molecule has 0 aliphatic heterocycles. The zero-order chi connectivity index (χ0) is 13.0. The Balaban J connectivity index is 3.04.